The van der Waals surface area contributed by atoms with Gasteiger partial charge in [-0.2, -0.15) is 5.10 Å². The minimum Gasteiger partial charge on any atom is -0.467 e. The zero-order chi connectivity index (χ0) is 17.9. The fraction of sp³-hybridized carbons (Fsp3) is 0.400. The van der Waals surface area contributed by atoms with E-state index < -0.39 is 0 Å². The molecule has 0 N–H and O–H groups in total. The number of hydrogen-bond acceptors (Lipinski definition) is 4. The van der Waals surface area contributed by atoms with Crippen LogP contribution in [-0.4, -0.2) is 41.2 Å². The summed E-state index contributed by atoms with van der Waals surface area (Å²) in [7, 11) is 0. The molecule has 1 atom stereocenters. The Morgan fingerprint density at radius 2 is 1.92 bits per heavy atom. The Labute approximate surface area is 158 Å². The summed E-state index contributed by atoms with van der Waals surface area (Å²) in [5.74, 6) is 0.793. The molecule has 1 fully saturated rings. The van der Waals surface area contributed by atoms with Crippen LogP contribution >= 0.6 is 11.6 Å². The highest BCUT2D eigenvalue weighted by atomic mass is 35.5. The van der Waals surface area contributed by atoms with Crippen LogP contribution in [-0.2, 0) is 4.79 Å². The molecule has 136 valence electrons. The molecule has 6 heteroatoms. The van der Waals surface area contributed by atoms with E-state index in [0.29, 0.717) is 18.0 Å². The summed E-state index contributed by atoms with van der Waals surface area (Å²) in [5, 5.41) is 6.96. The zero-order valence-electron chi connectivity index (χ0n) is 14.6. The van der Waals surface area contributed by atoms with E-state index in [1.54, 1.807) is 11.3 Å². The number of carbonyl (C=O) groups is 1. The van der Waals surface area contributed by atoms with Gasteiger partial charge in [0.05, 0.1) is 18.5 Å². The largest absolute Gasteiger partial charge is 0.467 e. The molecule has 2 aliphatic rings. The van der Waals surface area contributed by atoms with Crippen molar-refractivity contribution in [3.05, 3.63) is 59.0 Å². The first-order chi connectivity index (χ1) is 12.7. The second-order valence-corrected chi connectivity index (χ2v) is 7.30. The molecular formula is C20H22ClN3O2. The molecule has 2 aliphatic heterocycles. The first-order valence-corrected chi connectivity index (χ1v) is 9.50. The minimum atomic E-state index is -0.187. The van der Waals surface area contributed by atoms with Crippen molar-refractivity contribution in [1.29, 1.82) is 0 Å². The van der Waals surface area contributed by atoms with Crippen molar-refractivity contribution < 1.29 is 9.21 Å². The van der Waals surface area contributed by atoms with Gasteiger partial charge in [-0.25, -0.2) is 5.01 Å². The highest BCUT2D eigenvalue weighted by Gasteiger charge is 2.35. The van der Waals surface area contributed by atoms with Crippen LogP contribution in [0.1, 0.15) is 43.0 Å². The molecule has 0 radical (unpaired) electrons. The highest BCUT2D eigenvalue weighted by molar-refractivity contribution is 6.30. The van der Waals surface area contributed by atoms with E-state index in [0.717, 1.165) is 43.0 Å². The number of hydrogen-bond donors (Lipinski definition) is 0. The van der Waals surface area contributed by atoms with E-state index in [1.807, 2.05) is 36.4 Å². The summed E-state index contributed by atoms with van der Waals surface area (Å²) in [6, 6.07) is 11.2. The number of amides is 1. The zero-order valence-corrected chi connectivity index (χ0v) is 15.4. The van der Waals surface area contributed by atoms with Crippen molar-refractivity contribution in [1.82, 2.24) is 9.91 Å². The maximum absolute atomic E-state index is 13.0. The third-order valence-electron chi connectivity index (χ3n) is 5.02. The fourth-order valence-corrected chi connectivity index (χ4v) is 3.77. The van der Waals surface area contributed by atoms with Gasteiger partial charge in [-0.15, -0.1) is 0 Å². The number of piperidine rings is 1. The van der Waals surface area contributed by atoms with Gasteiger partial charge in [0.15, 0.2) is 0 Å². The normalized spacial score (nSPS) is 21.0. The van der Waals surface area contributed by atoms with Gasteiger partial charge in [-0.3, -0.25) is 9.69 Å². The van der Waals surface area contributed by atoms with Crippen LogP contribution in [0.15, 0.2) is 52.2 Å². The predicted octanol–water partition coefficient (Wildman–Crippen LogP) is 4.10. The maximum atomic E-state index is 13.0. The van der Waals surface area contributed by atoms with Crippen molar-refractivity contribution in [2.24, 2.45) is 5.10 Å². The number of nitrogens with zero attached hydrogens (tertiary/aromatic N) is 3. The number of rotatable bonds is 4. The van der Waals surface area contributed by atoms with Crippen LogP contribution in [0.25, 0.3) is 0 Å². The van der Waals surface area contributed by atoms with E-state index in [4.69, 9.17) is 16.0 Å². The second kappa shape index (κ2) is 7.64. The van der Waals surface area contributed by atoms with E-state index in [9.17, 15) is 4.79 Å². The predicted molar refractivity (Wildman–Crippen MR) is 101 cm³/mol. The molecule has 0 saturated carbocycles. The smallest absolute Gasteiger partial charge is 0.257 e. The van der Waals surface area contributed by atoms with Gasteiger partial charge >= 0.3 is 0 Å². The number of halogens is 1. The first kappa shape index (κ1) is 17.3. The quantitative estimate of drug-likeness (QED) is 0.813. The van der Waals surface area contributed by atoms with E-state index in [-0.39, 0.29) is 11.9 Å². The molecule has 1 amide bonds. The molecule has 2 aromatic rings. The molecule has 26 heavy (non-hydrogen) atoms. The molecular weight excluding hydrogens is 350 g/mol. The van der Waals surface area contributed by atoms with Crippen molar-refractivity contribution in [3.8, 4) is 0 Å². The molecule has 3 heterocycles. The minimum absolute atomic E-state index is 0.0252. The van der Waals surface area contributed by atoms with Crippen molar-refractivity contribution in [2.45, 2.75) is 31.7 Å². The SMILES string of the molecule is O=C(CN1CCCCC1)N1N=C(c2ccc(Cl)cc2)C[C@H]1c1ccco1. The third-order valence-corrected chi connectivity index (χ3v) is 5.27. The highest BCUT2D eigenvalue weighted by Crippen LogP contribution is 2.33. The van der Waals surface area contributed by atoms with Crippen LogP contribution in [0, 0.1) is 0 Å². The molecule has 1 aromatic carbocycles. The lowest BCUT2D eigenvalue weighted by atomic mass is 10.0. The summed E-state index contributed by atoms with van der Waals surface area (Å²) in [5.41, 5.74) is 1.87. The second-order valence-electron chi connectivity index (χ2n) is 6.86. The number of hydrazone groups is 1. The Hall–Kier alpha value is -2.11. The summed E-state index contributed by atoms with van der Waals surface area (Å²) in [6.07, 6.45) is 5.86. The summed E-state index contributed by atoms with van der Waals surface area (Å²) in [6.45, 7) is 2.38. The first-order valence-electron chi connectivity index (χ1n) is 9.12. The number of likely N-dealkylation sites (tertiary alicyclic amines) is 1. The molecule has 5 nitrogen and oxygen atoms in total. The molecule has 4 rings (SSSR count). The van der Waals surface area contributed by atoms with Crippen molar-refractivity contribution in [3.63, 3.8) is 0 Å². The number of carbonyl (C=O) groups excluding carboxylic acids is 1. The van der Waals surface area contributed by atoms with E-state index >= 15 is 0 Å². The van der Waals surface area contributed by atoms with Crippen LogP contribution in [0.5, 0.6) is 0 Å². The number of benzene rings is 1. The van der Waals surface area contributed by atoms with Gasteiger partial charge in [0.1, 0.15) is 11.8 Å². The van der Waals surface area contributed by atoms with E-state index in [2.05, 4.69) is 10.0 Å². The average Bonchev–Trinajstić information content (AvgIpc) is 3.33. The van der Waals surface area contributed by atoms with Crippen molar-refractivity contribution >= 4 is 23.2 Å². The molecule has 1 aromatic heterocycles. The standard InChI is InChI=1S/C20H22ClN3O2/c21-16-8-6-15(7-9-16)17-13-18(19-5-4-12-26-19)24(22-17)20(25)14-23-10-2-1-3-11-23/h4-9,12,18H,1-3,10-11,13-14H2/t18-/m0/s1. The van der Waals surface area contributed by atoms with Gasteiger partial charge in [0.2, 0.25) is 0 Å². The molecule has 0 aliphatic carbocycles. The summed E-state index contributed by atoms with van der Waals surface area (Å²) >= 11 is 5.99. The molecule has 0 spiro atoms. The molecule has 0 bridgehead atoms. The Bertz CT molecular complexity index is 780. The lowest BCUT2D eigenvalue weighted by Crippen LogP contribution is -2.40. The van der Waals surface area contributed by atoms with Crippen LogP contribution in [0.4, 0.5) is 0 Å². The van der Waals surface area contributed by atoms with Gasteiger partial charge in [0.25, 0.3) is 5.91 Å². The lowest BCUT2D eigenvalue weighted by Gasteiger charge is -2.28. The van der Waals surface area contributed by atoms with Gasteiger partial charge in [-0.05, 0) is 55.8 Å². The molecule has 1 saturated heterocycles. The summed E-state index contributed by atoms with van der Waals surface area (Å²) in [4.78, 5) is 15.2. The van der Waals surface area contributed by atoms with Gasteiger partial charge < -0.3 is 4.42 Å². The Morgan fingerprint density at radius 1 is 1.15 bits per heavy atom. The average molecular weight is 372 g/mol. The maximum Gasteiger partial charge on any atom is 0.257 e. The monoisotopic (exact) mass is 371 g/mol. The Balaban J connectivity index is 1.56. The van der Waals surface area contributed by atoms with Crippen LogP contribution < -0.4 is 0 Å². The summed E-state index contributed by atoms with van der Waals surface area (Å²) < 4.78 is 5.59. The van der Waals surface area contributed by atoms with E-state index in [1.165, 1.54) is 6.42 Å². The van der Waals surface area contributed by atoms with Crippen LogP contribution in [0.3, 0.4) is 0 Å². The fourth-order valence-electron chi connectivity index (χ4n) is 3.64. The lowest BCUT2D eigenvalue weighted by molar-refractivity contribution is -0.134. The topological polar surface area (TPSA) is 49.1 Å². The third kappa shape index (κ3) is 3.69. The van der Waals surface area contributed by atoms with Crippen molar-refractivity contribution in [2.75, 3.05) is 19.6 Å². The van der Waals surface area contributed by atoms with Crippen LogP contribution in [0.2, 0.25) is 5.02 Å². The Morgan fingerprint density at radius 3 is 2.62 bits per heavy atom. The van der Waals surface area contributed by atoms with Gasteiger partial charge in [-0.1, -0.05) is 30.2 Å². The van der Waals surface area contributed by atoms with Gasteiger partial charge in [0, 0.05) is 11.4 Å². The number of furan rings is 1. The Kier molecular flexibility index (Phi) is 5.09. The molecule has 0 unspecified atom stereocenters.